The molecule has 1 aromatic carbocycles. The predicted molar refractivity (Wildman–Crippen MR) is 80.8 cm³/mol. The summed E-state index contributed by atoms with van der Waals surface area (Å²) in [6, 6.07) is 5.87. The van der Waals surface area contributed by atoms with Crippen LogP contribution in [0.25, 0.3) is 0 Å². The topological polar surface area (TPSA) is 38.8 Å². The Morgan fingerprint density at radius 3 is 2.86 bits per heavy atom. The summed E-state index contributed by atoms with van der Waals surface area (Å²) in [4.78, 5) is 14.6. The molecule has 114 valence electrons. The molecule has 1 fully saturated rings. The number of likely N-dealkylation sites (tertiary alicyclic amines) is 1. The largest absolute Gasteiger partial charge is 0.486 e. The van der Waals surface area contributed by atoms with E-state index in [1.165, 1.54) is 0 Å². The van der Waals surface area contributed by atoms with Crippen LogP contribution in [0.4, 0.5) is 0 Å². The van der Waals surface area contributed by atoms with E-state index in [-0.39, 0.29) is 24.4 Å². The van der Waals surface area contributed by atoms with Crippen LogP contribution < -0.4 is 9.47 Å². The Balaban J connectivity index is 1.73. The van der Waals surface area contributed by atoms with E-state index in [2.05, 4.69) is 6.92 Å². The second kappa shape index (κ2) is 5.96. The number of benzene rings is 1. The molecule has 0 radical (unpaired) electrons. The number of carbonyl (C=O) groups excluding carboxylic acids is 1. The van der Waals surface area contributed by atoms with Gasteiger partial charge < -0.3 is 14.4 Å². The summed E-state index contributed by atoms with van der Waals surface area (Å²) < 4.78 is 19.1. The van der Waals surface area contributed by atoms with Crippen molar-refractivity contribution in [2.24, 2.45) is 0 Å². The molecular formula is C17H23NO3. The van der Waals surface area contributed by atoms with E-state index in [1.54, 1.807) is 0 Å². The summed E-state index contributed by atoms with van der Waals surface area (Å²) >= 11 is 0. The van der Waals surface area contributed by atoms with Crippen molar-refractivity contribution in [2.45, 2.75) is 51.6 Å². The maximum Gasteiger partial charge on any atom is 0.227 e. The van der Waals surface area contributed by atoms with E-state index in [1.807, 2.05) is 30.0 Å². The maximum absolute atomic E-state index is 12.7. The van der Waals surface area contributed by atoms with Crippen LogP contribution in [0.1, 0.15) is 40.0 Å². The van der Waals surface area contributed by atoms with E-state index >= 15 is 0 Å². The highest BCUT2D eigenvalue weighted by molar-refractivity contribution is 5.79. The monoisotopic (exact) mass is 290 g/mol. The fraction of sp³-hybridized carbons (Fsp3) is 0.588. The highest BCUT2D eigenvalue weighted by Crippen LogP contribution is 2.31. The zero-order valence-corrected chi connectivity index (χ0v) is 12.7. The molecule has 0 aromatic heterocycles. The Bertz CT molecular complexity index is 563. The van der Waals surface area contributed by atoms with E-state index in [4.69, 9.17) is 10.8 Å². The fourth-order valence-corrected chi connectivity index (χ4v) is 3.17. The summed E-state index contributed by atoms with van der Waals surface area (Å²) in [6.07, 6.45) is 1.94. The maximum atomic E-state index is 12.7. The van der Waals surface area contributed by atoms with E-state index in [0.717, 1.165) is 29.9 Å². The minimum atomic E-state index is -0.180. The molecule has 0 saturated carbocycles. The number of carbonyl (C=O) groups is 1. The molecule has 2 heterocycles. The van der Waals surface area contributed by atoms with Gasteiger partial charge in [0.2, 0.25) is 5.91 Å². The molecule has 1 aromatic rings. The zero-order chi connectivity index (χ0) is 15.7. The number of hydrogen-bond donors (Lipinski definition) is 0. The SMILES string of the molecule is [2H][C@@H]1CC[C@H](C)N(C(=O)Cc2ccc3c(c2)OCCO3)C1C. The van der Waals surface area contributed by atoms with Gasteiger partial charge >= 0.3 is 0 Å². The average molecular weight is 290 g/mol. The molecule has 0 N–H and O–H groups in total. The second-order valence-electron chi connectivity index (χ2n) is 5.86. The van der Waals surface area contributed by atoms with E-state index < -0.39 is 0 Å². The van der Waals surface area contributed by atoms with Gasteiger partial charge in [0.05, 0.1) is 6.42 Å². The molecule has 4 heteroatoms. The number of amides is 1. The van der Waals surface area contributed by atoms with Crippen molar-refractivity contribution in [3.8, 4) is 11.5 Å². The van der Waals surface area contributed by atoms with Gasteiger partial charge in [0.15, 0.2) is 11.5 Å². The van der Waals surface area contributed by atoms with Gasteiger partial charge in [0.25, 0.3) is 0 Å². The summed E-state index contributed by atoms with van der Waals surface area (Å²) in [7, 11) is 0. The molecule has 2 aliphatic heterocycles. The van der Waals surface area contributed by atoms with Crippen LogP contribution in [0.2, 0.25) is 0 Å². The Hall–Kier alpha value is -1.71. The van der Waals surface area contributed by atoms with Crippen molar-refractivity contribution >= 4 is 5.91 Å². The third-order valence-corrected chi connectivity index (χ3v) is 4.26. The molecule has 0 aliphatic carbocycles. The summed E-state index contributed by atoms with van der Waals surface area (Å²) in [5.74, 6) is 1.55. The highest BCUT2D eigenvalue weighted by Gasteiger charge is 2.28. The van der Waals surface area contributed by atoms with Gasteiger partial charge in [0.1, 0.15) is 13.2 Å². The third kappa shape index (κ3) is 2.99. The zero-order valence-electron chi connectivity index (χ0n) is 13.7. The van der Waals surface area contributed by atoms with Crippen LogP contribution in [0.15, 0.2) is 18.2 Å². The summed E-state index contributed by atoms with van der Waals surface area (Å²) in [6.45, 7) is 5.17. The number of ether oxygens (including phenoxy) is 2. The van der Waals surface area contributed by atoms with Gasteiger partial charge in [-0.1, -0.05) is 6.07 Å². The number of fused-ring (bicyclic) bond motifs is 1. The third-order valence-electron chi connectivity index (χ3n) is 4.26. The summed E-state index contributed by atoms with van der Waals surface area (Å²) in [5, 5.41) is 0. The molecule has 2 aliphatic rings. The van der Waals surface area contributed by atoms with Crippen molar-refractivity contribution in [1.82, 2.24) is 4.90 Å². The highest BCUT2D eigenvalue weighted by atomic mass is 16.6. The fourth-order valence-electron chi connectivity index (χ4n) is 3.17. The standard InChI is InChI=1S/C17H23NO3/c1-12-4-3-5-13(2)18(12)17(19)11-14-6-7-15-16(10-14)21-9-8-20-15/h6-7,10,12-13H,3-5,8-9,11H2,1-2H3/t12-,13?/m0/s1/i4D/t4-,12?,13+/m1. The smallest absolute Gasteiger partial charge is 0.227 e. The van der Waals surface area contributed by atoms with Crippen molar-refractivity contribution in [2.75, 3.05) is 13.2 Å². The van der Waals surface area contributed by atoms with E-state index in [9.17, 15) is 4.79 Å². The minimum absolute atomic E-state index is 0.0199. The van der Waals surface area contributed by atoms with Crippen LogP contribution in [0.3, 0.4) is 0 Å². The number of rotatable bonds is 2. The van der Waals surface area contributed by atoms with Crippen LogP contribution in [-0.4, -0.2) is 36.1 Å². The molecule has 3 rings (SSSR count). The Kier molecular flexibility index (Phi) is 3.69. The Morgan fingerprint density at radius 2 is 2.05 bits per heavy atom. The molecule has 21 heavy (non-hydrogen) atoms. The van der Waals surface area contributed by atoms with Crippen LogP contribution >= 0.6 is 0 Å². The molecule has 1 saturated heterocycles. The van der Waals surface area contributed by atoms with Gasteiger partial charge in [-0.25, -0.2) is 0 Å². The summed E-state index contributed by atoms with van der Waals surface area (Å²) in [5.41, 5.74) is 0.931. The Morgan fingerprint density at radius 1 is 1.29 bits per heavy atom. The second-order valence-corrected chi connectivity index (χ2v) is 5.86. The van der Waals surface area contributed by atoms with Crippen LogP contribution in [-0.2, 0) is 11.2 Å². The van der Waals surface area contributed by atoms with Crippen molar-refractivity contribution in [3.05, 3.63) is 23.8 Å². The molecule has 1 amide bonds. The predicted octanol–water partition coefficient (Wildman–Crippen LogP) is 2.79. The van der Waals surface area contributed by atoms with Crippen molar-refractivity contribution < 1.29 is 15.6 Å². The normalized spacial score (nSPS) is 29.0. The lowest BCUT2D eigenvalue weighted by Crippen LogP contribution is -2.48. The lowest BCUT2D eigenvalue weighted by Gasteiger charge is -2.39. The van der Waals surface area contributed by atoms with Gasteiger partial charge in [-0.15, -0.1) is 0 Å². The van der Waals surface area contributed by atoms with Gasteiger partial charge in [-0.2, -0.15) is 0 Å². The van der Waals surface area contributed by atoms with Gasteiger partial charge in [-0.05, 0) is 50.8 Å². The average Bonchev–Trinajstić information content (AvgIpc) is 2.51. The molecule has 0 bridgehead atoms. The quantitative estimate of drug-likeness (QED) is 0.840. The molecular weight excluding hydrogens is 266 g/mol. The lowest BCUT2D eigenvalue weighted by molar-refractivity contribution is -0.136. The van der Waals surface area contributed by atoms with Crippen molar-refractivity contribution in [1.29, 1.82) is 0 Å². The molecule has 4 nitrogen and oxygen atoms in total. The number of nitrogens with zero attached hydrogens (tertiary/aromatic N) is 1. The Labute approximate surface area is 127 Å². The van der Waals surface area contributed by atoms with Crippen LogP contribution in [0.5, 0.6) is 11.5 Å². The number of hydrogen-bond acceptors (Lipinski definition) is 3. The molecule has 1 unspecified atom stereocenters. The minimum Gasteiger partial charge on any atom is -0.486 e. The van der Waals surface area contributed by atoms with Gasteiger partial charge in [0, 0.05) is 13.5 Å². The number of piperidine rings is 1. The first-order chi connectivity index (χ1) is 10.6. The van der Waals surface area contributed by atoms with Crippen molar-refractivity contribution in [3.63, 3.8) is 0 Å². The first kappa shape index (κ1) is 13.0. The van der Waals surface area contributed by atoms with Crippen LogP contribution in [0, 0.1) is 0 Å². The first-order valence-corrected chi connectivity index (χ1v) is 7.68. The molecule has 3 atom stereocenters. The van der Waals surface area contributed by atoms with Gasteiger partial charge in [-0.3, -0.25) is 4.79 Å². The lowest BCUT2D eigenvalue weighted by atomic mass is 9.96. The first-order valence-electron chi connectivity index (χ1n) is 8.26. The molecule has 0 spiro atoms. The van der Waals surface area contributed by atoms with E-state index in [0.29, 0.717) is 19.6 Å².